The third kappa shape index (κ3) is 4.37. The molecule has 0 bridgehead atoms. The average Bonchev–Trinajstić information content (AvgIpc) is 3.73. The molecule has 0 amide bonds. The van der Waals surface area contributed by atoms with Gasteiger partial charge in [-0.05, 0) is 129 Å². The Morgan fingerprint density at radius 1 is 0.339 bits per heavy atom. The maximum Gasteiger partial charge on any atom is 0.136 e. The van der Waals surface area contributed by atoms with Gasteiger partial charge in [-0.2, -0.15) is 0 Å². The van der Waals surface area contributed by atoms with Gasteiger partial charge in [-0.25, -0.2) is 0 Å². The lowest BCUT2D eigenvalue weighted by molar-refractivity contribution is 0.661. The summed E-state index contributed by atoms with van der Waals surface area (Å²) in [4.78, 5) is 0. The number of hydrogen-bond acceptors (Lipinski definition) is 1. The van der Waals surface area contributed by atoms with Crippen molar-refractivity contribution in [1.29, 1.82) is 0 Å². The summed E-state index contributed by atoms with van der Waals surface area (Å²) in [5.74, 6) is 0. The first-order valence-corrected chi connectivity index (χ1v) is 19.6. The average molecular weight is 713 g/mol. The smallest absolute Gasteiger partial charge is 0.136 e. The fourth-order valence-electron chi connectivity index (χ4n) is 9.97. The van der Waals surface area contributed by atoms with E-state index in [1.165, 1.54) is 109 Å². The molecule has 1 aromatic heterocycles. The molecule has 0 atom stereocenters. The number of benzene rings is 10. The first-order valence-electron chi connectivity index (χ1n) is 19.6. The van der Waals surface area contributed by atoms with Crippen molar-refractivity contribution in [2.75, 3.05) is 0 Å². The van der Waals surface area contributed by atoms with Crippen LogP contribution in [0.15, 0.2) is 186 Å². The van der Waals surface area contributed by atoms with Crippen molar-refractivity contribution in [2.45, 2.75) is 19.3 Å². The second kappa shape index (κ2) is 11.5. The molecule has 12 rings (SSSR count). The summed E-state index contributed by atoms with van der Waals surface area (Å²) < 4.78 is 6.30. The molecule has 0 aliphatic heterocycles. The molecule has 0 fully saturated rings. The second-order valence-corrected chi connectivity index (χ2v) is 16.0. The molecule has 56 heavy (non-hydrogen) atoms. The lowest BCUT2D eigenvalue weighted by atomic mass is 9.81. The van der Waals surface area contributed by atoms with Crippen LogP contribution in [0.3, 0.4) is 0 Å². The van der Waals surface area contributed by atoms with Gasteiger partial charge in [-0.3, -0.25) is 0 Å². The molecule has 0 unspecified atom stereocenters. The van der Waals surface area contributed by atoms with Gasteiger partial charge in [0.05, 0.1) is 0 Å². The highest BCUT2D eigenvalue weighted by Gasteiger charge is 2.36. The number of furan rings is 1. The van der Waals surface area contributed by atoms with Crippen LogP contribution in [-0.2, 0) is 5.41 Å². The topological polar surface area (TPSA) is 13.1 Å². The maximum absolute atomic E-state index is 6.30. The Balaban J connectivity index is 1.00. The van der Waals surface area contributed by atoms with Crippen LogP contribution in [0.2, 0.25) is 0 Å². The van der Waals surface area contributed by atoms with E-state index in [1.807, 2.05) is 6.07 Å². The molecule has 0 radical (unpaired) electrons. The lowest BCUT2D eigenvalue weighted by Gasteiger charge is -2.22. The first-order chi connectivity index (χ1) is 27.5. The monoisotopic (exact) mass is 712 g/mol. The molecule has 10 aromatic carbocycles. The van der Waals surface area contributed by atoms with Gasteiger partial charge in [-0.1, -0.05) is 166 Å². The zero-order chi connectivity index (χ0) is 37.1. The normalized spacial score (nSPS) is 13.3. The minimum absolute atomic E-state index is 0.102. The molecule has 262 valence electrons. The van der Waals surface area contributed by atoms with E-state index in [2.05, 4.69) is 190 Å². The Kier molecular flexibility index (Phi) is 6.46. The van der Waals surface area contributed by atoms with Crippen LogP contribution >= 0.6 is 0 Å². The molecule has 0 saturated heterocycles. The summed E-state index contributed by atoms with van der Waals surface area (Å²) in [6.45, 7) is 4.73. The summed E-state index contributed by atoms with van der Waals surface area (Å²) in [5, 5.41) is 12.5. The standard InChI is InChI=1S/C55H36O/c1-55(2)48-28-26-36(30-46(48)47-32-45-37(31-49(47)55)27-29-51-54(45)44-19-9-10-21-50(44)56-51)33-22-24-35(25-23-33)52-40-15-5-7-17-42(40)53(43-18-8-6-16-41(43)52)39-20-11-13-34-12-3-4-14-38(34)39/h3-32H,1-2H3. The van der Waals surface area contributed by atoms with Crippen LogP contribution in [-0.4, -0.2) is 0 Å². The Labute approximate surface area is 325 Å². The highest BCUT2D eigenvalue weighted by molar-refractivity contribution is 6.24. The molecule has 0 N–H and O–H groups in total. The Bertz CT molecular complexity index is 3370. The van der Waals surface area contributed by atoms with Crippen LogP contribution in [0.4, 0.5) is 0 Å². The molecule has 11 aromatic rings. The summed E-state index contributed by atoms with van der Waals surface area (Å²) in [5.41, 5.74) is 14.7. The fourth-order valence-corrected chi connectivity index (χ4v) is 9.97. The van der Waals surface area contributed by atoms with E-state index in [-0.39, 0.29) is 5.41 Å². The van der Waals surface area contributed by atoms with E-state index in [4.69, 9.17) is 4.42 Å². The van der Waals surface area contributed by atoms with Crippen LogP contribution in [0.1, 0.15) is 25.0 Å². The third-order valence-electron chi connectivity index (χ3n) is 12.6. The summed E-state index contributed by atoms with van der Waals surface area (Å²) in [6.07, 6.45) is 0. The van der Waals surface area contributed by atoms with E-state index in [0.717, 1.165) is 11.2 Å². The molecular formula is C55H36O. The third-order valence-corrected chi connectivity index (χ3v) is 12.6. The number of rotatable bonds is 3. The summed E-state index contributed by atoms with van der Waals surface area (Å²) >= 11 is 0. The number of hydrogen-bond donors (Lipinski definition) is 0. The highest BCUT2D eigenvalue weighted by atomic mass is 16.3. The van der Waals surface area contributed by atoms with Crippen LogP contribution in [0.25, 0.3) is 110 Å². The molecular weight excluding hydrogens is 677 g/mol. The van der Waals surface area contributed by atoms with E-state index in [9.17, 15) is 0 Å². The van der Waals surface area contributed by atoms with Crippen LogP contribution in [0.5, 0.6) is 0 Å². The minimum Gasteiger partial charge on any atom is -0.456 e. The van der Waals surface area contributed by atoms with Gasteiger partial charge >= 0.3 is 0 Å². The zero-order valence-corrected chi connectivity index (χ0v) is 31.2. The van der Waals surface area contributed by atoms with Crippen molar-refractivity contribution >= 4 is 65.0 Å². The SMILES string of the molecule is CC1(C)c2ccc(-c3ccc(-c4c5ccccc5c(-c5cccc6ccccc56)c5ccccc45)cc3)cc2-c2cc3c(ccc4oc5ccccc5c43)cc21. The Hall–Kier alpha value is -6.96. The Morgan fingerprint density at radius 3 is 1.68 bits per heavy atom. The molecule has 1 aliphatic carbocycles. The first kappa shape index (κ1) is 31.4. The molecule has 0 saturated carbocycles. The van der Waals surface area contributed by atoms with Gasteiger partial charge in [0.15, 0.2) is 0 Å². The molecule has 1 heteroatoms. The molecule has 1 nitrogen and oxygen atoms in total. The van der Waals surface area contributed by atoms with Crippen molar-refractivity contribution in [2.24, 2.45) is 0 Å². The minimum atomic E-state index is -0.102. The van der Waals surface area contributed by atoms with Crippen molar-refractivity contribution in [3.8, 4) is 44.5 Å². The van der Waals surface area contributed by atoms with Crippen molar-refractivity contribution in [3.63, 3.8) is 0 Å². The van der Waals surface area contributed by atoms with Gasteiger partial charge in [0.25, 0.3) is 0 Å². The highest BCUT2D eigenvalue weighted by Crippen LogP contribution is 2.52. The predicted octanol–water partition coefficient (Wildman–Crippen LogP) is 15.5. The van der Waals surface area contributed by atoms with Crippen LogP contribution in [0, 0.1) is 0 Å². The summed E-state index contributed by atoms with van der Waals surface area (Å²) in [6, 6.07) is 67.2. The molecule has 1 aliphatic rings. The van der Waals surface area contributed by atoms with Gasteiger partial charge in [0.1, 0.15) is 11.2 Å². The lowest BCUT2D eigenvalue weighted by Crippen LogP contribution is -2.14. The van der Waals surface area contributed by atoms with Gasteiger partial charge in [0.2, 0.25) is 0 Å². The van der Waals surface area contributed by atoms with Gasteiger partial charge < -0.3 is 4.42 Å². The van der Waals surface area contributed by atoms with Gasteiger partial charge in [0, 0.05) is 16.2 Å². The second-order valence-electron chi connectivity index (χ2n) is 16.0. The van der Waals surface area contributed by atoms with Crippen LogP contribution < -0.4 is 0 Å². The van der Waals surface area contributed by atoms with Crippen molar-refractivity contribution in [1.82, 2.24) is 0 Å². The van der Waals surface area contributed by atoms with Crippen molar-refractivity contribution in [3.05, 3.63) is 193 Å². The zero-order valence-electron chi connectivity index (χ0n) is 31.2. The van der Waals surface area contributed by atoms with Gasteiger partial charge in [-0.15, -0.1) is 0 Å². The fraction of sp³-hybridized carbons (Fsp3) is 0.0545. The number of para-hydroxylation sites is 1. The van der Waals surface area contributed by atoms with E-state index in [0.29, 0.717) is 0 Å². The molecule has 1 heterocycles. The maximum atomic E-state index is 6.30. The Morgan fingerprint density at radius 2 is 0.929 bits per heavy atom. The summed E-state index contributed by atoms with van der Waals surface area (Å²) in [7, 11) is 0. The predicted molar refractivity (Wildman–Crippen MR) is 238 cm³/mol. The van der Waals surface area contributed by atoms with E-state index >= 15 is 0 Å². The van der Waals surface area contributed by atoms with E-state index in [1.54, 1.807) is 0 Å². The largest absolute Gasteiger partial charge is 0.456 e. The van der Waals surface area contributed by atoms with E-state index < -0.39 is 0 Å². The van der Waals surface area contributed by atoms with Crippen molar-refractivity contribution < 1.29 is 4.42 Å². The molecule has 0 spiro atoms. The quantitative estimate of drug-likeness (QED) is 0.166. The number of fused-ring (bicyclic) bond motifs is 11.